The SMILES string of the molecule is COc1ccc(/C=C/C(=O)NN)cc1[N+](=O)[O-]. The minimum Gasteiger partial charge on any atom is -0.490 e. The first-order valence-corrected chi connectivity index (χ1v) is 4.59. The molecular formula is C10H11N3O4. The van der Waals surface area contributed by atoms with Gasteiger partial charge in [-0.15, -0.1) is 0 Å². The van der Waals surface area contributed by atoms with E-state index in [-0.39, 0.29) is 11.4 Å². The summed E-state index contributed by atoms with van der Waals surface area (Å²) in [6, 6.07) is 4.35. The van der Waals surface area contributed by atoms with E-state index in [0.29, 0.717) is 5.56 Å². The summed E-state index contributed by atoms with van der Waals surface area (Å²) < 4.78 is 4.84. The summed E-state index contributed by atoms with van der Waals surface area (Å²) in [4.78, 5) is 21.0. The molecule has 0 aliphatic carbocycles. The molecule has 7 nitrogen and oxygen atoms in total. The fraction of sp³-hybridized carbons (Fsp3) is 0.100. The van der Waals surface area contributed by atoms with Crippen LogP contribution in [-0.2, 0) is 4.79 Å². The van der Waals surface area contributed by atoms with Crippen molar-refractivity contribution < 1.29 is 14.5 Å². The number of carbonyl (C=O) groups excluding carboxylic acids is 1. The number of nitrogens with zero attached hydrogens (tertiary/aromatic N) is 1. The highest BCUT2D eigenvalue weighted by atomic mass is 16.6. The van der Waals surface area contributed by atoms with Gasteiger partial charge in [0, 0.05) is 12.1 Å². The standard InChI is InChI=1S/C10H11N3O4/c1-17-9-4-2-7(3-5-10(14)12-11)6-8(9)13(15)16/h2-6H,11H2,1H3,(H,12,14)/b5-3+. The van der Waals surface area contributed by atoms with E-state index in [1.807, 2.05) is 5.43 Å². The molecule has 1 rings (SSSR count). The number of amides is 1. The maximum absolute atomic E-state index is 10.8. The third kappa shape index (κ3) is 3.28. The van der Waals surface area contributed by atoms with Crippen LogP contribution in [0.2, 0.25) is 0 Å². The highest BCUT2D eigenvalue weighted by Crippen LogP contribution is 2.27. The number of nitro benzene ring substituents is 1. The normalized spacial score (nSPS) is 10.2. The summed E-state index contributed by atoms with van der Waals surface area (Å²) >= 11 is 0. The predicted molar refractivity (Wildman–Crippen MR) is 61.0 cm³/mol. The van der Waals surface area contributed by atoms with Crippen molar-refractivity contribution in [3.63, 3.8) is 0 Å². The molecule has 0 unspecified atom stereocenters. The molecule has 7 heteroatoms. The smallest absolute Gasteiger partial charge is 0.311 e. The molecule has 0 fully saturated rings. The first-order valence-electron chi connectivity index (χ1n) is 4.59. The zero-order chi connectivity index (χ0) is 12.8. The fourth-order valence-corrected chi connectivity index (χ4v) is 1.17. The lowest BCUT2D eigenvalue weighted by atomic mass is 10.1. The molecule has 3 N–H and O–H groups in total. The largest absolute Gasteiger partial charge is 0.490 e. The molecule has 0 heterocycles. The molecule has 1 aromatic rings. The average molecular weight is 237 g/mol. The van der Waals surface area contributed by atoms with Crippen LogP contribution in [0.25, 0.3) is 6.08 Å². The second-order valence-corrected chi connectivity index (χ2v) is 3.03. The van der Waals surface area contributed by atoms with E-state index in [1.54, 1.807) is 6.07 Å². The highest BCUT2D eigenvalue weighted by molar-refractivity contribution is 5.91. The van der Waals surface area contributed by atoms with Gasteiger partial charge in [-0.2, -0.15) is 0 Å². The number of carbonyl (C=O) groups is 1. The van der Waals surface area contributed by atoms with Gasteiger partial charge < -0.3 is 4.74 Å². The zero-order valence-corrected chi connectivity index (χ0v) is 9.04. The molecule has 1 aromatic carbocycles. The minimum atomic E-state index is -0.556. The Balaban J connectivity index is 3.04. The molecular weight excluding hydrogens is 226 g/mol. The van der Waals surface area contributed by atoms with Gasteiger partial charge >= 0.3 is 5.69 Å². The van der Waals surface area contributed by atoms with Gasteiger partial charge in [0.2, 0.25) is 0 Å². The van der Waals surface area contributed by atoms with Gasteiger partial charge in [0.25, 0.3) is 5.91 Å². The van der Waals surface area contributed by atoms with Crippen molar-refractivity contribution in [2.75, 3.05) is 7.11 Å². The number of hydrogen-bond donors (Lipinski definition) is 2. The van der Waals surface area contributed by atoms with E-state index in [9.17, 15) is 14.9 Å². The molecule has 0 aliphatic rings. The van der Waals surface area contributed by atoms with Crippen LogP contribution in [0, 0.1) is 10.1 Å². The number of methoxy groups -OCH3 is 1. The Morgan fingerprint density at radius 1 is 1.59 bits per heavy atom. The van der Waals surface area contributed by atoms with E-state index in [1.165, 1.54) is 31.4 Å². The van der Waals surface area contributed by atoms with E-state index >= 15 is 0 Å². The van der Waals surface area contributed by atoms with Crippen molar-refractivity contribution in [2.45, 2.75) is 0 Å². The van der Waals surface area contributed by atoms with Crippen LogP contribution >= 0.6 is 0 Å². The van der Waals surface area contributed by atoms with Crippen LogP contribution in [0.3, 0.4) is 0 Å². The summed E-state index contributed by atoms with van der Waals surface area (Å²) in [5.74, 6) is 4.55. The Morgan fingerprint density at radius 2 is 2.29 bits per heavy atom. The second-order valence-electron chi connectivity index (χ2n) is 3.03. The lowest BCUT2D eigenvalue weighted by Crippen LogP contribution is -2.27. The Morgan fingerprint density at radius 3 is 2.82 bits per heavy atom. The van der Waals surface area contributed by atoms with Crippen LogP contribution < -0.4 is 16.0 Å². The van der Waals surface area contributed by atoms with Crippen LogP contribution in [0.15, 0.2) is 24.3 Å². The van der Waals surface area contributed by atoms with E-state index in [0.717, 1.165) is 0 Å². The maximum atomic E-state index is 10.8. The van der Waals surface area contributed by atoms with Gasteiger partial charge in [0.1, 0.15) is 0 Å². The van der Waals surface area contributed by atoms with Crippen LogP contribution in [-0.4, -0.2) is 17.9 Å². The monoisotopic (exact) mass is 237 g/mol. The first-order chi connectivity index (χ1) is 8.08. The quantitative estimate of drug-likeness (QED) is 0.262. The molecule has 0 saturated heterocycles. The Kier molecular flexibility index (Phi) is 4.18. The van der Waals surface area contributed by atoms with E-state index in [4.69, 9.17) is 10.6 Å². The summed E-state index contributed by atoms with van der Waals surface area (Å²) in [7, 11) is 1.35. The molecule has 0 saturated carbocycles. The van der Waals surface area contributed by atoms with Crippen molar-refractivity contribution in [1.29, 1.82) is 0 Å². The minimum absolute atomic E-state index is 0.162. The van der Waals surface area contributed by atoms with Crippen LogP contribution in [0.4, 0.5) is 5.69 Å². The highest BCUT2D eigenvalue weighted by Gasteiger charge is 2.14. The number of benzene rings is 1. The molecule has 0 aliphatic heterocycles. The number of ether oxygens (including phenoxy) is 1. The first kappa shape index (κ1) is 12.7. The lowest BCUT2D eigenvalue weighted by molar-refractivity contribution is -0.385. The fourth-order valence-electron chi connectivity index (χ4n) is 1.17. The Labute approximate surface area is 97.0 Å². The lowest BCUT2D eigenvalue weighted by Gasteiger charge is -2.01. The van der Waals surface area contributed by atoms with Crippen molar-refractivity contribution in [2.24, 2.45) is 5.84 Å². The van der Waals surface area contributed by atoms with Gasteiger partial charge in [-0.05, 0) is 17.7 Å². The van der Waals surface area contributed by atoms with Crippen LogP contribution in [0.1, 0.15) is 5.56 Å². The Hall–Kier alpha value is -2.41. The van der Waals surface area contributed by atoms with Gasteiger partial charge in [-0.3, -0.25) is 20.3 Å². The number of rotatable bonds is 4. The maximum Gasteiger partial charge on any atom is 0.311 e. The van der Waals surface area contributed by atoms with E-state index in [2.05, 4.69) is 0 Å². The molecule has 0 atom stereocenters. The van der Waals surface area contributed by atoms with Crippen molar-refractivity contribution in [3.8, 4) is 5.75 Å². The summed E-state index contributed by atoms with van der Waals surface area (Å²) in [5, 5.41) is 10.7. The van der Waals surface area contributed by atoms with Gasteiger partial charge in [-0.25, -0.2) is 5.84 Å². The number of nitro groups is 1. The van der Waals surface area contributed by atoms with Gasteiger partial charge in [0.15, 0.2) is 5.75 Å². The van der Waals surface area contributed by atoms with Crippen LogP contribution in [0.5, 0.6) is 5.75 Å². The Bertz CT molecular complexity index is 471. The van der Waals surface area contributed by atoms with Crippen molar-refractivity contribution in [1.82, 2.24) is 5.43 Å². The molecule has 0 spiro atoms. The molecule has 17 heavy (non-hydrogen) atoms. The van der Waals surface area contributed by atoms with Gasteiger partial charge in [-0.1, -0.05) is 6.07 Å². The number of hydrazine groups is 1. The number of nitrogens with one attached hydrogen (secondary N) is 1. The summed E-state index contributed by atoms with van der Waals surface area (Å²) in [6.07, 6.45) is 2.58. The second kappa shape index (κ2) is 5.61. The van der Waals surface area contributed by atoms with Crippen molar-refractivity contribution >= 4 is 17.7 Å². The van der Waals surface area contributed by atoms with Gasteiger partial charge in [0.05, 0.1) is 12.0 Å². The third-order valence-corrected chi connectivity index (χ3v) is 1.97. The molecule has 1 amide bonds. The predicted octanol–water partition coefficient (Wildman–Crippen LogP) is 0.607. The van der Waals surface area contributed by atoms with E-state index < -0.39 is 10.8 Å². The third-order valence-electron chi connectivity index (χ3n) is 1.97. The summed E-state index contributed by atoms with van der Waals surface area (Å²) in [6.45, 7) is 0. The summed E-state index contributed by atoms with van der Waals surface area (Å²) in [5.41, 5.74) is 2.25. The molecule has 0 radical (unpaired) electrons. The molecule has 90 valence electrons. The topological polar surface area (TPSA) is 107 Å². The number of hydrogen-bond acceptors (Lipinski definition) is 5. The van der Waals surface area contributed by atoms with Crippen molar-refractivity contribution in [3.05, 3.63) is 40.0 Å². The number of nitrogens with two attached hydrogens (primary N) is 1. The zero-order valence-electron chi connectivity index (χ0n) is 9.04. The molecule has 0 aromatic heterocycles. The molecule has 0 bridgehead atoms. The average Bonchev–Trinajstić information content (AvgIpc) is 2.35.